The van der Waals surface area contributed by atoms with Gasteiger partial charge in [0.1, 0.15) is 22.7 Å². The SMILES string of the molecule is COc1cc(N2CCN(C)CC2)ccc1-c1nc2c(c(-c3ccccc3)nn2C)c(=O)[nH]1. The Morgan fingerprint density at radius 1 is 1.00 bits per heavy atom. The topological polar surface area (TPSA) is 79.3 Å². The van der Waals surface area contributed by atoms with Crippen LogP contribution >= 0.6 is 0 Å². The molecule has 2 aromatic carbocycles. The highest BCUT2D eigenvalue weighted by Gasteiger charge is 2.20. The highest BCUT2D eigenvalue weighted by atomic mass is 16.5. The molecule has 0 unspecified atom stereocenters. The third-order valence-electron chi connectivity index (χ3n) is 6.05. The zero-order chi connectivity index (χ0) is 22.2. The lowest BCUT2D eigenvalue weighted by molar-refractivity contribution is 0.312. The van der Waals surface area contributed by atoms with Gasteiger partial charge in [0, 0.05) is 50.5 Å². The molecule has 0 saturated carbocycles. The van der Waals surface area contributed by atoms with Crippen molar-refractivity contribution in [2.24, 2.45) is 7.05 Å². The number of likely N-dealkylation sites (N-methyl/N-ethyl adjacent to an activating group) is 1. The Balaban J connectivity index is 1.58. The van der Waals surface area contributed by atoms with Crippen molar-refractivity contribution in [1.29, 1.82) is 0 Å². The van der Waals surface area contributed by atoms with E-state index < -0.39 is 0 Å². The van der Waals surface area contributed by atoms with Gasteiger partial charge in [0.15, 0.2) is 5.65 Å². The van der Waals surface area contributed by atoms with Crippen molar-refractivity contribution in [3.8, 4) is 28.4 Å². The lowest BCUT2D eigenvalue weighted by Gasteiger charge is -2.34. The molecule has 4 aromatic rings. The van der Waals surface area contributed by atoms with E-state index in [4.69, 9.17) is 9.72 Å². The average molecular weight is 431 g/mol. The van der Waals surface area contributed by atoms with Crippen LogP contribution in [0.5, 0.6) is 5.75 Å². The smallest absolute Gasteiger partial charge is 0.262 e. The average Bonchev–Trinajstić information content (AvgIpc) is 3.16. The summed E-state index contributed by atoms with van der Waals surface area (Å²) < 4.78 is 7.34. The molecule has 1 aliphatic rings. The molecule has 3 heterocycles. The van der Waals surface area contributed by atoms with Gasteiger partial charge in [0.05, 0.1) is 12.7 Å². The number of aryl methyl sites for hydroxylation is 1. The standard InChI is InChI=1S/C24H26N6O2/c1-28-11-13-30(14-12-28)17-9-10-18(19(15-17)32-3)22-25-23-20(24(31)26-22)21(27-29(23)2)16-7-5-4-6-8-16/h4-10,15H,11-14H2,1-3H3,(H,25,26,31). The number of anilines is 1. The van der Waals surface area contributed by atoms with Gasteiger partial charge in [-0.25, -0.2) is 9.67 Å². The Bertz CT molecular complexity index is 1320. The molecule has 0 bridgehead atoms. The van der Waals surface area contributed by atoms with Crippen LogP contribution < -0.4 is 15.2 Å². The Kier molecular flexibility index (Phi) is 5.14. The van der Waals surface area contributed by atoms with E-state index >= 15 is 0 Å². The van der Waals surface area contributed by atoms with Crippen LogP contribution in [0.4, 0.5) is 5.69 Å². The van der Waals surface area contributed by atoms with E-state index in [2.05, 4.69) is 33.0 Å². The summed E-state index contributed by atoms with van der Waals surface area (Å²) in [5.41, 5.74) is 3.67. The van der Waals surface area contributed by atoms with Gasteiger partial charge in [-0.1, -0.05) is 30.3 Å². The van der Waals surface area contributed by atoms with Gasteiger partial charge in [-0.05, 0) is 19.2 Å². The first-order valence-corrected chi connectivity index (χ1v) is 10.7. The fraction of sp³-hybridized carbons (Fsp3) is 0.292. The van der Waals surface area contributed by atoms with Crippen LogP contribution in [0.3, 0.4) is 0 Å². The number of hydrogen-bond donors (Lipinski definition) is 1. The molecule has 32 heavy (non-hydrogen) atoms. The molecular formula is C24H26N6O2. The molecule has 1 saturated heterocycles. The zero-order valence-electron chi connectivity index (χ0n) is 18.5. The highest BCUT2D eigenvalue weighted by Crippen LogP contribution is 2.33. The van der Waals surface area contributed by atoms with E-state index in [1.165, 1.54) is 0 Å². The zero-order valence-corrected chi connectivity index (χ0v) is 18.5. The lowest BCUT2D eigenvalue weighted by atomic mass is 10.1. The molecule has 0 radical (unpaired) electrons. The number of aromatic nitrogens is 4. The maximum Gasteiger partial charge on any atom is 0.262 e. The largest absolute Gasteiger partial charge is 0.496 e. The van der Waals surface area contributed by atoms with Crippen LogP contribution in [-0.4, -0.2) is 65.0 Å². The van der Waals surface area contributed by atoms with E-state index in [0.29, 0.717) is 28.3 Å². The number of methoxy groups -OCH3 is 1. The highest BCUT2D eigenvalue weighted by molar-refractivity contribution is 5.91. The molecule has 1 aliphatic heterocycles. The second-order valence-electron chi connectivity index (χ2n) is 8.13. The Hall–Kier alpha value is -3.65. The summed E-state index contributed by atoms with van der Waals surface area (Å²) >= 11 is 0. The number of ether oxygens (including phenoxy) is 1. The van der Waals surface area contributed by atoms with Gasteiger partial charge >= 0.3 is 0 Å². The molecule has 164 valence electrons. The number of fused-ring (bicyclic) bond motifs is 1. The third kappa shape index (κ3) is 3.52. The predicted molar refractivity (Wildman–Crippen MR) is 126 cm³/mol. The number of nitrogens with zero attached hydrogens (tertiary/aromatic N) is 5. The first-order valence-electron chi connectivity index (χ1n) is 10.7. The molecule has 2 aromatic heterocycles. The Morgan fingerprint density at radius 3 is 2.47 bits per heavy atom. The maximum absolute atomic E-state index is 13.1. The molecule has 0 amide bonds. The van der Waals surface area contributed by atoms with Crippen LogP contribution in [0.25, 0.3) is 33.7 Å². The molecule has 0 aliphatic carbocycles. The monoisotopic (exact) mass is 430 g/mol. The van der Waals surface area contributed by atoms with Crippen LogP contribution in [0.1, 0.15) is 0 Å². The maximum atomic E-state index is 13.1. The van der Waals surface area contributed by atoms with Gasteiger partial charge in [-0.15, -0.1) is 0 Å². The lowest BCUT2D eigenvalue weighted by Crippen LogP contribution is -2.44. The molecule has 0 atom stereocenters. The quantitative estimate of drug-likeness (QED) is 0.536. The number of nitrogens with one attached hydrogen (secondary N) is 1. The van der Waals surface area contributed by atoms with Crippen molar-refractivity contribution < 1.29 is 4.74 Å². The van der Waals surface area contributed by atoms with Crippen LogP contribution in [0.15, 0.2) is 53.3 Å². The molecule has 1 N–H and O–H groups in total. The molecule has 1 fully saturated rings. The minimum absolute atomic E-state index is 0.220. The van der Waals surface area contributed by atoms with Crippen LogP contribution in [0.2, 0.25) is 0 Å². The van der Waals surface area contributed by atoms with Gasteiger partial charge in [-0.2, -0.15) is 5.10 Å². The summed E-state index contributed by atoms with van der Waals surface area (Å²) in [6, 6.07) is 15.7. The van der Waals surface area contributed by atoms with Crippen molar-refractivity contribution in [2.45, 2.75) is 0 Å². The van der Waals surface area contributed by atoms with E-state index in [0.717, 1.165) is 43.0 Å². The van der Waals surface area contributed by atoms with E-state index in [-0.39, 0.29) is 5.56 Å². The summed E-state index contributed by atoms with van der Waals surface area (Å²) in [4.78, 5) is 25.5. The van der Waals surface area contributed by atoms with Crippen molar-refractivity contribution >= 4 is 16.7 Å². The van der Waals surface area contributed by atoms with Gasteiger partial charge in [0.2, 0.25) is 0 Å². The van der Waals surface area contributed by atoms with Crippen LogP contribution in [0, 0.1) is 0 Å². The van der Waals surface area contributed by atoms with E-state index in [1.807, 2.05) is 42.5 Å². The molecule has 5 rings (SSSR count). The summed E-state index contributed by atoms with van der Waals surface area (Å²) in [5, 5.41) is 5.05. The summed E-state index contributed by atoms with van der Waals surface area (Å²) in [6.45, 7) is 3.99. The number of H-pyrrole nitrogens is 1. The number of hydrogen-bond acceptors (Lipinski definition) is 6. The Morgan fingerprint density at radius 2 is 1.75 bits per heavy atom. The van der Waals surface area contributed by atoms with Gasteiger partial charge in [0.25, 0.3) is 5.56 Å². The number of piperazine rings is 1. The van der Waals surface area contributed by atoms with Crippen LogP contribution in [-0.2, 0) is 7.05 Å². The normalized spacial score (nSPS) is 14.8. The summed E-state index contributed by atoms with van der Waals surface area (Å²) in [5.74, 6) is 1.14. The molecule has 0 spiro atoms. The van der Waals surface area contributed by atoms with Crippen molar-refractivity contribution in [3.63, 3.8) is 0 Å². The van der Waals surface area contributed by atoms with Crippen molar-refractivity contribution in [2.75, 3.05) is 45.2 Å². The number of benzene rings is 2. The molecule has 8 heteroatoms. The summed E-state index contributed by atoms with van der Waals surface area (Å²) in [6.07, 6.45) is 0. The third-order valence-corrected chi connectivity index (χ3v) is 6.05. The van der Waals surface area contributed by atoms with Gasteiger partial charge < -0.3 is 19.5 Å². The Labute approximate surface area is 186 Å². The number of aromatic amines is 1. The minimum atomic E-state index is -0.220. The predicted octanol–water partition coefficient (Wildman–Crippen LogP) is 2.75. The molecule has 8 nitrogen and oxygen atoms in total. The first-order chi connectivity index (χ1) is 15.5. The fourth-order valence-electron chi connectivity index (χ4n) is 4.22. The van der Waals surface area contributed by atoms with E-state index in [9.17, 15) is 4.79 Å². The van der Waals surface area contributed by atoms with E-state index in [1.54, 1.807) is 18.8 Å². The number of rotatable bonds is 4. The van der Waals surface area contributed by atoms with Crippen molar-refractivity contribution in [1.82, 2.24) is 24.6 Å². The van der Waals surface area contributed by atoms with Crippen molar-refractivity contribution in [3.05, 3.63) is 58.9 Å². The minimum Gasteiger partial charge on any atom is -0.496 e. The second-order valence-corrected chi connectivity index (χ2v) is 8.13. The van der Waals surface area contributed by atoms with Gasteiger partial charge in [-0.3, -0.25) is 4.79 Å². The first kappa shape index (κ1) is 20.3. The fourth-order valence-corrected chi connectivity index (χ4v) is 4.22. The molecular weight excluding hydrogens is 404 g/mol. The summed E-state index contributed by atoms with van der Waals surface area (Å²) in [7, 11) is 5.58. The second kappa shape index (κ2) is 8.12.